The van der Waals surface area contributed by atoms with Crippen LogP contribution in [0, 0.1) is 0 Å². The first-order valence-corrected chi connectivity index (χ1v) is 6.15. The molecule has 15 heavy (non-hydrogen) atoms. The summed E-state index contributed by atoms with van der Waals surface area (Å²) in [6.45, 7) is 6.63. The Bertz CT molecular complexity index is 192. The highest BCUT2D eigenvalue weighted by Crippen LogP contribution is 2.08. The van der Waals surface area contributed by atoms with Crippen molar-refractivity contribution in [2.45, 2.75) is 25.4 Å². The van der Waals surface area contributed by atoms with Crippen LogP contribution in [0.1, 0.15) is 19.3 Å². The molecule has 3 nitrogen and oxygen atoms in total. The number of nitrogens with zero attached hydrogens (tertiary/aromatic N) is 1. The molecule has 0 spiro atoms. The van der Waals surface area contributed by atoms with Crippen molar-refractivity contribution in [2.24, 2.45) is 0 Å². The second-order valence-corrected chi connectivity index (χ2v) is 4.40. The Morgan fingerprint density at radius 1 is 1.20 bits per heavy atom. The van der Waals surface area contributed by atoms with E-state index in [4.69, 9.17) is 4.74 Å². The van der Waals surface area contributed by atoms with Gasteiger partial charge in [0.05, 0.1) is 6.10 Å². The van der Waals surface area contributed by atoms with Crippen LogP contribution in [-0.4, -0.2) is 50.3 Å². The summed E-state index contributed by atoms with van der Waals surface area (Å²) in [5, 5.41) is 3.35. The van der Waals surface area contributed by atoms with E-state index in [2.05, 4.69) is 22.4 Å². The van der Waals surface area contributed by atoms with Gasteiger partial charge in [0.15, 0.2) is 0 Å². The highest BCUT2D eigenvalue weighted by molar-refractivity contribution is 4.94. The lowest BCUT2D eigenvalue weighted by Crippen LogP contribution is -2.33. The topological polar surface area (TPSA) is 24.5 Å². The molecule has 1 N–H and O–H groups in total. The normalized spacial score (nSPS) is 23.7. The van der Waals surface area contributed by atoms with E-state index >= 15 is 0 Å². The fourth-order valence-electron chi connectivity index (χ4n) is 2.20. The minimum atomic E-state index is 0.517. The van der Waals surface area contributed by atoms with Gasteiger partial charge in [-0.3, -0.25) is 4.90 Å². The van der Waals surface area contributed by atoms with Crippen LogP contribution in [0.4, 0.5) is 0 Å². The number of piperidine rings is 1. The fourth-order valence-corrected chi connectivity index (χ4v) is 2.20. The Morgan fingerprint density at radius 2 is 1.93 bits per heavy atom. The molecule has 3 heteroatoms. The average molecular weight is 210 g/mol. The number of hydrogen-bond acceptors (Lipinski definition) is 3. The van der Waals surface area contributed by atoms with Crippen molar-refractivity contribution in [3.8, 4) is 0 Å². The average Bonchev–Trinajstić information content (AvgIpc) is 2.79. The van der Waals surface area contributed by atoms with Crippen LogP contribution in [0.5, 0.6) is 0 Å². The lowest BCUT2D eigenvalue weighted by Gasteiger charge is -2.23. The third-order valence-electron chi connectivity index (χ3n) is 3.15. The maximum Gasteiger partial charge on any atom is 0.0599 e. The Labute approximate surface area is 92.5 Å². The highest BCUT2D eigenvalue weighted by Gasteiger charge is 2.13. The highest BCUT2D eigenvalue weighted by atomic mass is 16.5. The minimum absolute atomic E-state index is 0.517. The van der Waals surface area contributed by atoms with Gasteiger partial charge in [-0.25, -0.2) is 0 Å². The molecule has 0 amide bonds. The van der Waals surface area contributed by atoms with Gasteiger partial charge in [-0.05, 0) is 32.4 Å². The van der Waals surface area contributed by atoms with Crippen LogP contribution in [0.2, 0.25) is 0 Å². The zero-order chi connectivity index (χ0) is 10.3. The molecule has 0 atom stereocenters. The van der Waals surface area contributed by atoms with Crippen molar-refractivity contribution in [3.05, 3.63) is 12.2 Å². The van der Waals surface area contributed by atoms with Crippen molar-refractivity contribution >= 4 is 0 Å². The molecule has 0 unspecified atom stereocenters. The molecule has 0 aromatic carbocycles. The smallest absolute Gasteiger partial charge is 0.0599 e. The van der Waals surface area contributed by atoms with Crippen LogP contribution in [0.15, 0.2) is 12.2 Å². The van der Waals surface area contributed by atoms with E-state index in [1.54, 1.807) is 0 Å². The zero-order valence-electron chi connectivity index (χ0n) is 9.45. The molecule has 0 aromatic heterocycles. The van der Waals surface area contributed by atoms with Gasteiger partial charge in [0.1, 0.15) is 0 Å². The third-order valence-corrected chi connectivity index (χ3v) is 3.15. The lowest BCUT2D eigenvalue weighted by molar-refractivity contribution is 0.0287. The quantitative estimate of drug-likeness (QED) is 0.541. The standard InChI is InChI=1S/C12H22N2O/c1-2-9-14(8-1)10-3-11-15-12-4-6-13-7-5-12/h1-2,12-13H,3-11H2. The summed E-state index contributed by atoms with van der Waals surface area (Å²) >= 11 is 0. The second kappa shape index (κ2) is 6.26. The van der Waals surface area contributed by atoms with Gasteiger partial charge in [-0.1, -0.05) is 12.2 Å². The van der Waals surface area contributed by atoms with E-state index in [9.17, 15) is 0 Å². The first kappa shape index (κ1) is 11.1. The summed E-state index contributed by atoms with van der Waals surface area (Å²) in [5.41, 5.74) is 0. The fraction of sp³-hybridized carbons (Fsp3) is 0.833. The van der Waals surface area contributed by atoms with E-state index in [0.29, 0.717) is 6.10 Å². The monoisotopic (exact) mass is 210 g/mol. The van der Waals surface area contributed by atoms with Gasteiger partial charge < -0.3 is 10.1 Å². The summed E-state index contributed by atoms with van der Waals surface area (Å²) in [7, 11) is 0. The molecule has 2 rings (SSSR count). The number of rotatable bonds is 5. The molecule has 1 fully saturated rings. The van der Waals surface area contributed by atoms with Crippen molar-refractivity contribution in [1.82, 2.24) is 10.2 Å². The summed E-state index contributed by atoms with van der Waals surface area (Å²) < 4.78 is 5.86. The van der Waals surface area contributed by atoms with E-state index in [1.807, 2.05) is 0 Å². The van der Waals surface area contributed by atoms with Crippen LogP contribution < -0.4 is 5.32 Å². The SMILES string of the molecule is C1=CCN(CCCOC2CCNCC2)C1. The molecule has 86 valence electrons. The number of ether oxygens (including phenoxy) is 1. The Morgan fingerprint density at radius 3 is 2.67 bits per heavy atom. The van der Waals surface area contributed by atoms with Crippen LogP contribution in [-0.2, 0) is 4.74 Å². The van der Waals surface area contributed by atoms with Crippen molar-refractivity contribution in [1.29, 1.82) is 0 Å². The maximum atomic E-state index is 5.86. The predicted molar refractivity (Wildman–Crippen MR) is 62.0 cm³/mol. The van der Waals surface area contributed by atoms with Crippen molar-refractivity contribution < 1.29 is 4.74 Å². The van der Waals surface area contributed by atoms with Gasteiger partial charge in [-0.2, -0.15) is 0 Å². The molecule has 0 saturated carbocycles. The molecular formula is C12H22N2O. The first-order chi connectivity index (χ1) is 7.45. The van der Waals surface area contributed by atoms with Crippen LogP contribution in [0.3, 0.4) is 0 Å². The molecule has 0 aliphatic carbocycles. The zero-order valence-corrected chi connectivity index (χ0v) is 9.45. The van der Waals surface area contributed by atoms with Crippen molar-refractivity contribution in [3.63, 3.8) is 0 Å². The number of hydrogen-bond donors (Lipinski definition) is 1. The Balaban J connectivity index is 1.47. The molecule has 2 heterocycles. The van der Waals surface area contributed by atoms with E-state index in [1.165, 1.54) is 25.8 Å². The molecular weight excluding hydrogens is 188 g/mol. The van der Waals surface area contributed by atoms with Crippen LogP contribution >= 0.6 is 0 Å². The lowest BCUT2D eigenvalue weighted by atomic mass is 10.1. The summed E-state index contributed by atoms with van der Waals surface area (Å²) in [5.74, 6) is 0. The first-order valence-electron chi connectivity index (χ1n) is 6.15. The van der Waals surface area contributed by atoms with E-state index in [-0.39, 0.29) is 0 Å². The molecule has 0 bridgehead atoms. The third kappa shape index (κ3) is 3.93. The Kier molecular flexibility index (Phi) is 4.64. The van der Waals surface area contributed by atoms with Gasteiger partial charge in [0.25, 0.3) is 0 Å². The van der Waals surface area contributed by atoms with Gasteiger partial charge in [-0.15, -0.1) is 0 Å². The Hall–Kier alpha value is -0.380. The number of nitrogens with one attached hydrogen (secondary N) is 1. The summed E-state index contributed by atoms with van der Waals surface area (Å²) in [6.07, 6.45) is 8.55. The predicted octanol–water partition coefficient (Wildman–Crippen LogP) is 1.02. The van der Waals surface area contributed by atoms with Gasteiger partial charge in [0.2, 0.25) is 0 Å². The van der Waals surface area contributed by atoms with Gasteiger partial charge >= 0.3 is 0 Å². The minimum Gasteiger partial charge on any atom is -0.378 e. The summed E-state index contributed by atoms with van der Waals surface area (Å²) in [4.78, 5) is 2.45. The second-order valence-electron chi connectivity index (χ2n) is 4.40. The van der Waals surface area contributed by atoms with E-state index in [0.717, 1.165) is 32.8 Å². The summed E-state index contributed by atoms with van der Waals surface area (Å²) in [6, 6.07) is 0. The largest absolute Gasteiger partial charge is 0.378 e. The maximum absolute atomic E-state index is 5.86. The molecule has 2 aliphatic rings. The molecule has 1 saturated heterocycles. The molecule has 0 radical (unpaired) electrons. The van der Waals surface area contributed by atoms with Gasteiger partial charge in [0, 0.05) is 26.2 Å². The molecule has 0 aromatic rings. The molecule has 2 aliphatic heterocycles. The van der Waals surface area contributed by atoms with E-state index < -0.39 is 0 Å². The van der Waals surface area contributed by atoms with Crippen molar-refractivity contribution in [2.75, 3.05) is 39.3 Å². The van der Waals surface area contributed by atoms with Crippen LogP contribution in [0.25, 0.3) is 0 Å².